The number of amides is 1. The maximum absolute atomic E-state index is 12.1. The fourth-order valence-corrected chi connectivity index (χ4v) is 2.60. The van der Waals surface area contributed by atoms with Gasteiger partial charge in [0.2, 0.25) is 0 Å². The van der Waals surface area contributed by atoms with Gasteiger partial charge in [-0.1, -0.05) is 23.2 Å². The summed E-state index contributed by atoms with van der Waals surface area (Å²) in [4.78, 5) is 16.0. The summed E-state index contributed by atoms with van der Waals surface area (Å²) in [5.74, 6) is -0.505. The maximum Gasteiger partial charge on any atom is 0.257 e. The topological polar surface area (TPSA) is 76.1 Å². The van der Waals surface area contributed by atoms with Crippen LogP contribution in [0.2, 0.25) is 10.0 Å². The van der Waals surface area contributed by atoms with E-state index >= 15 is 0 Å². The molecule has 0 aliphatic rings. The van der Waals surface area contributed by atoms with Crippen molar-refractivity contribution < 1.29 is 13.2 Å². The number of benzene rings is 1. The quantitative estimate of drug-likeness (QED) is 0.928. The average molecular weight is 345 g/mol. The molecule has 0 radical (unpaired) electrons. The standard InChI is InChI=1S/C13H10Cl2N2O3S/c1-21(19,20)8-2-3-10(14)12(6-8)17-13(18)9-4-5-16-7-11(9)15/h2-7H,1H3,(H,17,18). The molecule has 1 aromatic carbocycles. The van der Waals surface area contributed by atoms with Crippen LogP contribution in [0.5, 0.6) is 0 Å². The molecule has 0 atom stereocenters. The minimum absolute atomic E-state index is 0.0584. The summed E-state index contributed by atoms with van der Waals surface area (Å²) in [6, 6.07) is 5.52. The first kappa shape index (κ1) is 15.8. The SMILES string of the molecule is CS(=O)(=O)c1ccc(Cl)c(NC(=O)c2ccncc2Cl)c1. The number of hydrogen-bond acceptors (Lipinski definition) is 4. The van der Waals surface area contributed by atoms with Gasteiger partial charge in [0.15, 0.2) is 9.84 Å². The summed E-state index contributed by atoms with van der Waals surface area (Å²) in [6.45, 7) is 0. The first-order valence-corrected chi connectivity index (χ1v) is 8.34. The third-order valence-electron chi connectivity index (χ3n) is 2.63. The zero-order valence-corrected chi connectivity index (χ0v) is 13.1. The van der Waals surface area contributed by atoms with E-state index in [0.29, 0.717) is 0 Å². The van der Waals surface area contributed by atoms with Gasteiger partial charge in [-0.3, -0.25) is 9.78 Å². The van der Waals surface area contributed by atoms with Crippen molar-refractivity contribution in [3.05, 3.63) is 52.3 Å². The Morgan fingerprint density at radius 3 is 2.52 bits per heavy atom. The number of pyridine rings is 1. The number of nitrogens with zero attached hydrogens (tertiary/aromatic N) is 1. The number of halogens is 2. The van der Waals surface area contributed by atoms with Crippen molar-refractivity contribution in [2.24, 2.45) is 0 Å². The van der Waals surface area contributed by atoms with Gasteiger partial charge in [0, 0.05) is 18.6 Å². The van der Waals surface area contributed by atoms with Crippen molar-refractivity contribution >= 4 is 44.6 Å². The Morgan fingerprint density at radius 1 is 1.19 bits per heavy atom. The molecule has 0 saturated heterocycles. The predicted molar refractivity (Wildman–Crippen MR) is 81.8 cm³/mol. The van der Waals surface area contributed by atoms with Crippen molar-refractivity contribution in [2.75, 3.05) is 11.6 Å². The zero-order valence-electron chi connectivity index (χ0n) is 10.8. The zero-order chi connectivity index (χ0) is 15.6. The van der Waals surface area contributed by atoms with Crippen LogP contribution >= 0.6 is 23.2 Å². The van der Waals surface area contributed by atoms with Crippen molar-refractivity contribution in [1.82, 2.24) is 4.98 Å². The van der Waals surface area contributed by atoms with E-state index < -0.39 is 15.7 Å². The molecule has 0 fully saturated rings. The number of carbonyl (C=O) groups excluding carboxylic acids is 1. The summed E-state index contributed by atoms with van der Waals surface area (Å²) in [7, 11) is -3.40. The van der Waals surface area contributed by atoms with Crippen LogP contribution < -0.4 is 5.32 Å². The van der Waals surface area contributed by atoms with Crippen LogP contribution in [-0.2, 0) is 9.84 Å². The average Bonchev–Trinajstić information content (AvgIpc) is 2.40. The Hall–Kier alpha value is -1.63. The Balaban J connectivity index is 2.36. The van der Waals surface area contributed by atoms with E-state index in [1.165, 1.54) is 36.7 Å². The smallest absolute Gasteiger partial charge is 0.257 e. The van der Waals surface area contributed by atoms with E-state index in [1.54, 1.807) is 0 Å². The summed E-state index contributed by atoms with van der Waals surface area (Å²) in [5.41, 5.74) is 0.407. The highest BCUT2D eigenvalue weighted by atomic mass is 35.5. The molecule has 1 amide bonds. The van der Waals surface area contributed by atoms with Gasteiger partial charge >= 0.3 is 0 Å². The van der Waals surface area contributed by atoms with Gasteiger partial charge in [-0.05, 0) is 24.3 Å². The van der Waals surface area contributed by atoms with Crippen molar-refractivity contribution in [3.63, 3.8) is 0 Å². The summed E-state index contributed by atoms with van der Waals surface area (Å²) in [5, 5.41) is 2.94. The van der Waals surface area contributed by atoms with Crippen LogP contribution in [0.15, 0.2) is 41.6 Å². The number of rotatable bonds is 3. The largest absolute Gasteiger partial charge is 0.321 e. The van der Waals surface area contributed by atoms with Gasteiger partial charge in [-0.25, -0.2) is 8.42 Å². The second-order valence-corrected chi connectivity index (χ2v) is 7.05. The molecule has 0 saturated carbocycles. The third-order valence-corrected chi connectivity index (χ3v) is 4.37. The highest BCUT2D eigenvalue weighted by Crippen LogP contribution is 2.26. The summed E-state index contributed by atoms with van der Waals surface area (Å²) in [6.07, 6.45) is 3.84. The van der Waals surface area contributed by atoms with Gasteiger partial charge in [0.25, 0.3) is 5.91 Å². The highest BCUT2D eigenvalue weighted by molar-refractivity contribution is 7.90. The molecule has 2 aromatic rings. The molecule has 1 aromatic heterocycles. The molecular weight excluding hydrogens is 335 g/mol. The first-order chi connectivity index (χ1) is 9.79. The monoisotopic (exact) mass is 344 g/mol. The number of nitrogens with one attached hydrogen (secondary N) is 1. The molecule has 0 spiro atoms. The van der Waals surface area contributed by atoms with Gasteiger partial charge in [-0.2, -0.15) is 0 Å². The van der Waals surface area contributed by atoms with E-state index in [1.807, 2.05) is 0 Å². The van der Waals surface area contributed by atoms with Crippen molar-refractivity contribution in [3.8, 4) is 0 Å². The maximum atomic E-state index is 12.1. The van der Waals surface area contributed by atoms with E-state index in [0.717, 1.165) is 6.26 Å². The number of sulfone groups is 1. The van der Waals surface area contributed by atoms with Crippen molar-refractivity contribution in [2.45, 2.75) is 4.90 Å². The highest BCUT2D eigenvalue weighted by Gasteiger charge is 2.15. The molecule has 0 unspecified atom stereocenters. The lowest BCUT2D eigenvalue weighted by atomic mass is 10.2. The Morgan fingerprint density at radius 2 is 1.90 bits per heavy atom. The van der Waals surface area contributed by atoms with E-state index in [2.05, 4.69) is 10.3 Å². The molecule has 110 valence electrons. The molecule has 5 nitrogen and oxygen atoms in total. The van der Waals surface area contributed by atoms with Crippen LogP contribution in [0.4, 0.5) is 5.69 Å². The lowest BCUT2D eigenvalue weighted by molar-refractivity contribution is 0.102. The van der Waals surface area contributed by atoms with E-state index in [-0.39, 0.29) is 26.2 Å². The Kier molecular flexibility index (Phi) is 4.51. The normalized spacial score (nSPS) is 11.2. The molecule has 21 heavy (non-hydrogen) atoms. The fourth-order valence-electron chi connectivity index (χ4n) is 1.58. The van der Waals surface area contributed by atoms with E-state index in [4.69, 9.17) is 23.2 Å². The fraction of sp³-hybridized carbons (Fsp3) is 0.0769. The Labute approximate surface area is 131 Å². The lowest BCUT2D eigenvalue weighted by Crippen LogP contribution is -2.13. The molecule has 1 N–H and O–H groups in total. The second kappa shape index (κ2) is 6.01. The number of carbonyl (C=O) groups is 1. The molecule has 2 rings (SSSR count). The first-order valence-electron chi connectivity index (χ1n) is 5.69. The van der Waals surface area contributed by atoms with Gasteiger partial charge in [0.1, 0.15) is 0 Å². The van der Waals surface area contributed by atoms with E-state index in [9.17, 15) is 13.2 Å². The third kappa shape index (κ3) is 3.72. The number of anilines is 1. The lowest BCUT2D eigenvalue weighted by Gasteiger charge is -2.09. The minimum Gasteiger partial charge on any atom is -0.321 e. The molecule has 8 heteroatoms. The van der Waals surface area contributed by atoms with Gasteiger partial charge in [-0.15, -0.1) is 0 Å². The van der Waals surface area contributed by atoms with Crippen molar-refractivity contribution in [1.29, 1.82) is 0 Å². The van der Waals surface area contributed by atoms with Crippen LogP contribution in [0.25, 0.3) is 0 Å². The molecule has 0 aliphatic heterocycles. The number of hydrogen-bond donors (Lipinski definition) is 1. The summed E-state index contributed by atoms with van der Waals surface area (Å²) >= 11 is 11.8. The van der Waals surface area contributed by atoms with Crippen LogP contribution in [0.3, 0.4) is 0 Å². The number of aromatic nitrogens is 1. The van der Waals surface area contributed by atoms with Crippen LogP contribution in [0.1, 0.15) is 10.4 Å². The minimum atomic E-state index is -3.40. The molecule has 1 heterocycles. The molecular formula is C13H10Cl2N2O3S. The van der Waals surface area contributed by atoms with Crippen LogP contribution in [0, 0.1) is 0 Å². The Bertz CT molecular complexity index is 807. The van der Waals surface area contributed by atoms with Gasteiger partial charge < -0.3 is 5.32 Å². The molecule has 0 bridgehead atoms. The second-order valence-electron chi connectivity index (χ2n) is 4.22. The van der Waals surface area contributed by atoms with Crippen LogP contribution in [-0.4, -0.2) is 25.6 Å². The van der Waals surface area contributed by atoms with Gasteiger partial charge in [0.05, 0.1) is 26.2 Å². The molecule has 0 aliphatic carbocycles. The summed E-state index contributed by atoms with van der Waals surface area (Å²) < 4.78 is 23.0. The predicted octanol–water partition coefficient (Wildman–Crippen LogP) is 3.04.